The van der Waals surface area contributed by atoms with Crippen LogP contribution in [-0.4, -0.2) is 6.71 Å². The molecule has 2 aliphatic heterocycles. The third-order valence-corrected chi connectivity index (χ3v) is 15.0. The maximum atomic E-state index is 2.69. The Hall–Kier alpha value is -4.02. The van der Waals surface area contributed by atoms with Crippen LogP contribution in [0.4, 0.5) is 34.1 Å². The summed E-state index contributed by atoms with van der Waals surface area (Å²) in [5.74, 6) is 0.537. The lowest BCUT2D eigenvalue weighted by atomic mass is 9.36. The summed E-state index contributed by atoms with van der Waals surface area (Å²) in [7, 11) is 0. The van der Waals surface area contributed by atoms with Crippen molar-refractivity contribution in [1.29, 1.82) is 0 Å². The molecular weight excluding hydrogens is 683 g/mol. The fraction of sp³-hybridized carbons (Fsp3) is 0.412. The average Bonchev–Trinajstić information content (AvgIpc) is 3.47. The number of rotatable bonds is 2. The Kier molecular flexibility index (Phi) is 7.99. The van der Waals surface area contributed by atoms with Crippen molar-refractivity contribution in [2.75, 3.05) is 9.80 Å². The molecule has 2 nitrogen and oxygen atoms in total. The summed E-state index contributed by atoms with van der Waals surface area (Å²) in [6, 6.07) is 28.9. The highest BCUT2D eigenvalue weighted by Gasteiger charge is 2.50. The first-order valence-electron chi connectivity index (χ1n) is 20.7. The normalized spacial score (nSPS) is 19.3. The van der Waals surface area contributed by atoms with Crippen LogP contribution in [0.15, 0.2) is 78.4 Å². The fourth-order valence-electron chi connectivity index (χ4n) is 10.4. The number of hydrogen-bond donors (Lipinski definition) is 0. The lowest BCUT2D eigenvalue weighted by Gasteiger charge is -2.50. The molecule has 4 aliphatic rings. The summed E-state index contributed by atoms with van der Waals surface area (Å²) in [5.41, 5.74) is 21.2. The molecule has 282 valence electrons. The number of nitrogens with zero attached hydrogens (tertiary/aromatic N) is 2. The zero-order chi connectivity index (χ0) is 39.1. The van der Waals surface area contributed by atoms with Crippen LogP contribution in [0.3, 0.4) is 0 Å². The Balaban J connectivity index is 1.38. The molecule has 0 spiro atoms. The number of fused-ring (bicyclic) bond motifs is 7. The maximum Gasteiger partial charge on any atom is 0.264 e. The van der Waals surface area contributed by atoms with Crippen LogP contribution >= 0.6 is 11.3 Å². The molecule has 0 N–H and O–H groups in total. The third kappa shape index (κ3) is 5.63. The molecule has 9 rings (SSSR count). The summed E-state index contributed by atoms with van der Waals surface area (Å²) in [5, 5.41) is 0. The molecule has 0 bridgehead atoms. The van der Waals surface area contributed by atoms with Crippen LogP contribution in [0.25, 0.3) is 6.08 Å². The molecule has 1 atom stereocenters. The Morgan fingerprint density at radius 3 is 1.98 bits per heavy atom. The van der Waals surface area contributed by atoms with Crippen LogP contribution < -0.4 is 25.5 Å². The predicted octanol–water partition coefficient (Wildman–Crippen LogP) is 12.8. The minimum atomic E-state index is 0.0267. The molecule has 4 heteroatoms. The molecule has 1 saturated carbocycles. The molecule has 2 aliphatic carbocycles. The van der Waals surface area contributed by atoms with Crippen LogP contribution in [0.2, 0.25) is 0 Å². The summed E-state index contributed by atoms with van der Waals surface area (Å²) in [6.07, 6.45) is 6.29. The van der Waals surface area contributed by atoms with Gasteiger partial charge in [0, 0.05) is 38.1 Å². The van der Waals surface area contributed by atoms with Crippen molar-refractivity contribution in [1.82, 2.24) is 0 Å². The Labute approximate surface area is 335 Å². The van der Waals surface area contributed by atoms with Gasteiger partial charge in [0.15, 0.2) is 0 Å². The van der Waals surface area contributed by atoms with Crippen molar-refractivity contribution in [2.45, 2.75) is 120 Å². The van der Waals surface area contributed by atoms with E-state index in [1.54, 1.807) is 11.1 Å². The van der Waals surface area contributed by atoms with Gasteiger partial charge < -0.3 is 9.80 Å². The molecule has 5 aromatic rings. The minimum absolute atomic E-state index is 0.0267. The van der Waals surface area contributed by atoms with Gasteiger partial charge in [0.05, 0.1) is 5.69 Å². The number of allylic oxidation sites excluding steroid dienone is 1. The van der Waals surface area contributed by atoms with Crippen LogP contribution in [0.5, 0.6) is 0 Å². The third-order valence-electron chi connectivity index (χ3n) is 13.8. The Morgan fingerprint density at radius 2 is 1.33 bits per heavy atom. The molecule has 0 radical (unpaired) electrons. The smallest absolute Gasteiger partial charge is 0.264 e. The zero-order valence-electron chi connectivity index (χ0n) is 35.6. The number of anilines is 6. The van der Waals surface area contributed by atoms with E-state index in [1.807, 2.05) is 0 Å². The molecule has 1 unspecified atom stereocenters. The summed E-state index contributed by atoms with van der Waals surface area (Å²) < 4.78 is 1.50. The number of aryl methyl sites for hydroxylation is 3. The van der Waals surface area contributed by atoms with Crippen LogP contribution in [-0.2, 0) is 17.3 Å². The van der Waals surface area contributed by atoms with Gasteiger partial charge in [-0.1, -0.05) is 117 Å². The van der Waals surface area contributed by atoms with E-state index in [1.165, 1.54) is 95.4 Å². The van der Waals surface area contributed by atoms with Gasteiger partial charge in [-0.3, -0.25) is 0 Å². The maximum absolute atomic E-state index is 2.69. The SMILES string of the molecule is Cc1ccc(N2c3cc(C(C)(C)C)ccc3B3c4sc5c(c4N(c4ccc(C(C)(C)C)cc4)c4cc(C)cc2c43)CC2C(=C5)C(C)(C)CCC2(C)C)c(C)c1. The fourth-order valence-corrected chi connectivity index (χ4v) is 11.8. The molecular formula is C51H59BN2S. The van der Waals surface area contributed by atoms with E-state index in [0.29, 0.717) is 5.92 Å². The number of hydrogen-bond acceptors (Lipinski definition) is 3. The van der Waals surface area contributed by atoms with E-state index in [2.05, 4.69) is 190 Å². The lowest BCUT2D eigenvalue weighted by Crippen LogP contribution is -2.60. The average molecular weight is 743 g/mol. The summed E-state index contributed by atoms with van der Waals surface area (Å²) in [6.45, 7) is 31.0. The second-order valence-electron chi connectivity index (χ2n) is 20.8. The minimum Gasteiger partial charge on any atom is -0.311 e. The molecule has 4 aromatic carbocycles. The van der Waals surface area contributed by atoms with Gasteiger partial charge in [0.1, 0.15) is 0 Å². The lowest BCUT2D eigenvalue weighted by molar-refractivity contribution is 0.123. The van der Waals surface area contributed by atoms with E-state index in [0.717, 1.165) is 6.42 Å². The van der Waals surface area contributed by atoms with Gasteiger partial charge in [-0.05, 0) is 149 Å². The van der Waals surface area contributed by atoms with Gasteiger partial charge in [0.25, 0.3) is 6.71 Å². The quantitative estimate of drug-likeness (QED) is 0.163. The first-order valence-corrected chi connectivity index (χ1v) is 21.5. The predicted molar refractivity (Wildman–Crippen MR) is 242 cm³/mol. The Morgan fingerprint density at radius 1 is 0.673 bits per heavy atom. The van der Waals surface area contributed by atoms with Crippen molar-refractivity contribution >= 4 is 74.0 Å². The highest BCUT2D eigenvalue weighted by molar-refractivity contribution is 7.29. The first-order chi connectivity index (χ1) is 25.7. The summed E-state index contributed by atoms with van der Waals surface area (Å²) >= 11 is 2.08. The highest BCUT2D eigenvalue weighted by Crippen LogP contribution is 2.58. The molecule has 3 heterocycles. The monoisotopic (exact) mass is 742 g/mol. The summed E-state index contributed by atoms with van der Waals surface area (Å²) in [4.78, 5) is 6.78. The highest BCUT2D eigenvalue weighted by atomic mass is 32.1. The van der Waals surface area contributed by atoms with Crippen molar-refractivity contribution < 1.29 is 0 Å². The number of benzene rings is 4. The van der Waals surface area contributed by atoms with E-state index in [-0.39, 0.29) is 28.4 Å². The Bertz CT molecular complexity index is 2430. The topological polar surface area (TPSA) is 6.48 Å². The largest absolute Gasteiger partial charge is 0.311 e. The van der Waals surface area contributed by atoms with Gasteiger partial charge in [-0.2, -0.15) is 0 Å². The van der Waals surface area contributed by atoms with Gasteiger partial charge in [-0.25, -0.2) is 0 Å². The van der Waals surface area contributed by atoms with E-state index in [9.17, 15) is 0 Å². The first kappa shape index (κ1) is 36.6. The van der Waals surface area contributed by atoms with Crippen molar-refractivity contribution in [2.24, 2.45) is 16.7 Å². The van der Waals surface area contributed by atoms with E-state index >= 15 is 0 Å². The molecule has 1 aromatic heterocycles. The number of thiophene rings is 1. The standard InChI is InChI=1S/C51H59BN2S/c1-30-14-21-40(32(3)24-30)54-41-27-34(49(7,8)9)17-20-39(41)52-45-42(25-31(2)26-43(45)54)53(35-18-15-33(16-19-35)48(4,5)6)46-36-28-37-38(29-44(36)55-47(46)52)51(12,13)23-22-50(37,10)11/h14-21,24-27,29,37H,22-23,28H2,1-13H3. The molecule has 0 amide bonds. The van der Waals surface area contributed by atoms with Crippen LogP contribution in [0, 0.1) is 37.5 Å². The van der Waals surface area contributed by atoms with E-state index in [4.69, 9.17) is 0 Å². The second-order valence-corrected chi connectivity index (χ2v) is 21.9. The van der Waals surface area contributed by atoms with Crippen molar-refractivity contribution in [3.63, 3.8) is 0 Å². The van der Waals surface area contributed by atoms with Crippen LogP contribution in [0.1, 0.15) is 120 Å². The van der Waals surface area contributed by atoms with Gasteiger partial charge in [-0.15, -0.1) is 11.3 Å². The zero-order valence-corrected chi connectivity index (χ0v) is 36.4. The van der Waals surface area contributed by atoms with Crippen molar-refractivity contribution in [3.05, 3.63) is 117 Å². The molecule has 0 saturated heterocycles. The second kappa shape index (κ2) is 12.0. The van der Waals surface area contributed by atoms with E-state index < -0.39 is 0 Å². The molecule has 55 heavy (non-hydrogen) atoms. The van der Waals surface area contributed by atoms with Crippen molar-refractivity contribution in [3.8, 4) is 0 Å². The van der Waals surface area contributed by atoms with Gasteiger partial charge in [0.2, 0.25) is 0 Å². The van der Waals surface area contributed by atoms with Gasteiger partial charge >= 0.3 is 0 Å². The molecule has 1 fully saturated rings.